The molecule has 5 nitrogen and oxygen atoms in total. The van der Waals surface area contributed by atoms with Crippen LogP contribution in [0.25, 0.3) is 0 Å². The van der Waals surface area contributed by atoms with Crippen molar-refractivity contribution in [1.29, 1.82) is 0 Å². The minimum atomic E-state index is -3.15. The summed E-state index contributed by atoms with van der Waals surface area (Å²) in [6, 6.07) is 0. The van der Waals surface area contributed by atoms with E-state index < -0.39 is 10.0 Å². The lowest BCUT2D eigenvalue weighted by molar-refractivity contribution is 0.333. The first-order valence-electron chi connectivity index (χ1n) is 5.26. The Kier molecular flexibility index (Phi) is 7.08. The van der Waals surface area contributed by atoms with Gasteiger partial charge in [0, 0.05) is 26.2 Å². The van der Waals surface area contributed by atoms with E-state index in [4.69, 9.17) is 5.73 Å². The average Bonchev–Trinajstić information content (AvgIpc) is 2.11. The van der Waals surface area contributed by atoms with Crippen molar-refractivity contribution >= 4 is 10.0 Å². The third-order valence-corrected chi connectivity index (χ3v) is 3.94. The van der Waals surface area contributed by atoms with Gasteiger partial charge in [0.1, 0.15) is 0 Å². The quantitative estimate of drug-likeness (QED) is 0.621. The summed E-state index contributed by atoms with van der Waals surface area (Å²) in [5.74, 6) is 0.0421. The predicted octanol–water partition coefficient (Wildman–Crippen LogP) is -0.451. The van der Waals surface area contributed by atoms with Gasteiger partial charge in [0.05, 0.1) is 5.75 Å². The molecule has 0 heterocycles. The maximum Gasteiger partial charge on any atom is 0.215 e. The van der Waals surface area contributed by atoms with Crippen molar-refractivity contribution < 1.29 is 8.42 Å². The van der Waals surface area contributed by atoms with Gasteiger partial charge < -0.3 is 10.6 Å². The second kappa shape index (κ2) is 7.16. The molecule has 92 valence electrons. The number of hydrogen-bond acceptors (Lipinski definition) is 4. The number of nitrogens with zero attached hydrogens (tertiary/aromatic N) is 2. The topological polar surface area (TPSA) is 66.6 Å². The molecule has 0 bridgehead atoms. The maximum absolute atomic E-state index is 11.8. The van der Waals surface area contributed by atoms with Gasteiger partial charge in [0.2, 0.25) is 10.0 Å². The van der Waals surface area contributed by atoms with Crippen LogP contribution in [-0.2, 0) is 10.0 Å². The minimum absolute atomic E-state index is 0.0421. The van der Waals surface area contributed by atoms with Crippen LogP contribution in [0.5, 0.6) is 0 Å². The second-order valence-corrected chi connectivity index (χ2v) is 5.90. The van der Waals surface area contributed by atoms with Crippen molar-refractivity contribution in [3.63, 3.8) is 0 Å². The zero-order valence-corrected chi connectivity index (χ0v) is 10.8. The molecule has 15 heavy (non-hydrogen) atoms. The molecule has 0 unspecified atom stereocenters. The monoisotopic (exact) mass is 237 g/mol. The largest absolute Gasteiger partial charge is 0.329 e. The van der Waals surface area contributed by atoms with Crippen LogP contribution in [0.4, 0.5) is 0 Å². The number of likely N-dealkylation sites (N-methyl/N-ethyl adjacent to an activating group) is 1. The molecule has 0 atom stereocenters. The van der Waals surface area contributed by atoms with Gasteiger partial charge in [-0.05, 0) is 20.5 Å². The van der Waals surface area contributed by atoms with Crippen LogP contribution in [0.3, 0.4) is 0 Å². The van der Waals surface area contributed by atoms with Gasteiger partial charge in [-0.3, -0.25) is 0 Å². The molecule has 0 saturated heterocycles. The Morgan fingerprint density at radius 2 is 1.73 bits per heavy atom. The van der Waals surface area contributed by atoms with Crippen LogP contribution in [0.15, 0.2) is 0 Å². The lowest BCUT2D eigenvalue weighted by Gasteiger charge is -2.22. The van der Waals surface area contributed by atoms with Crippen LogP contribution in [0.2, 0.25) is 0 Å². The molecular weight excluding hydrogens is 214 g/mol. The molecule has 0 spiro atoms. The van der Waals surface area contributed by atoms with Crippen LogP contribution in [-0.4, -0.2) is 63.7 Å². The van der Waals surface area contributed by atoms with E-state index in [1.54, 1.807) is 0 Å². The zero-order chi connectivity index (χ0) is 11.9. The number of rotatable bonds is 8. The van der Waals surface area contributed by atoms with Gasteiger partial charge in [-0.1, -0.05) is 6.92 Å². The smallest absolute Gasteiger partial charge is 0.215 e. The Hall–Kier alpha value is -0.170. The predicted molar refractivity (Wildman–Crippen MR) is 63.3 cm³/mol. The zero-order valence-electron chi connectivity index (χ0n) is 9.94. The average molecular weight is 237 g/mol. The highest BCUT2D eigenvalue weighted by Crippen LogP contribution is 2.02. The lowest BCUT2D eigenvalue weighted by atomic mass is 10.4. The lowest BCUT2D eigenvalue weighted by Crippen LogP contribution is -2.39. The molecule has 0 aliphatic carbocycles. The molecule has 0 rings (SSSR count). The first kappa shape index (κ1) is 14.8. The van der Waals surface area contributed by atoms with Gasteiger partial charge >= 0.3 is 0 Å². The molecule has 0 fully saturated rings. The Morgan fingerprint density at radius 1 is 1.13 bits per heavy atom. The van der Waals surface area contributed by atoms with Crippen molar-refractivity contribution in [3.8, 4) is 0 Å². The van der Waals surface area contributed by atoms with E-state index >= 15 is 0 Å². The van der Waals surface area contributed by atoms with E-state index in [1.165, 1.54) is 4.31 Å². The molecule has 0 aliphatic rings. The SMILES string of the molecule is CCCN(CCN(C)C)S(=O)(=O)CCN. The summed E-state index contributed by atoms with van der Waals surface area (Å²) in [7, 11) is 0.712. The Balaban J connectivity index is 4.37. The third-order valence-electron chi connectivity index (χ3n) is 2.04. The molecule has 0 aromatic carbocycles. The summed E-state index contributed by atoms with van der Waals surface area (Å²) in [5, 5.41) is 0. The molecule has 2 N–H and O–H groups in total. The van der Waals surface area contributed by atoms with Crippen molar-refractivity contribution in [3.05, 3.63) is 0 Å². The standard InChI is InChI=1S/C9H23N3O2S/c1-4-6-12(8-7-11(2)3)15(13,14)9-5-10/h4-10H2,1-3H3. The van der Waals surface area contributed by atoms with Gasteiger partial charge in [0.15, 0.2) is 0 Å². The number of sulfonamides is 1. The maximum atomic E-state index is 11.8. The fraction of sp³-hybridized carbons (Fsp3) is 1.00. The van der Waals surface area contributed by atoms with Crippen molar-refractivity contribution in [2.24, 2.45) is 5.73 Å². The fourth-order valence-electron chi connectivity index (χ4n) is 1.23. The second-order valence-electron chi connectivity index (χ2n) is 3.81. The van der Waals surface area contributed by atoms with E-state index in [9.17, 15) is 8.42 Å². The molecule has 0 aromatic rings. The highest BCUT2D eigenvalue weighted by atomic mass is 32.2. The molecule has 0 radical (unpaired) electrons. The minimum Gasteiger partial charge on any atom is -0.329 e. The molecule has 0 aromatic heterocycles. The van der Waals surface area contributed by atoms with E-state index in [0.29, 0.717) is 13.1 Å². The molecule has 0 saturated carbocycles. The molecule has 0 aliphatic heterocycles. The summed E-state index contributed by atoms with van der Waals surface area (Å²) in [6.07, 6.45) is 0.831. The molecule has 0 amide bonds. The van der Waals surface area contributed by atoms with Crippen molar-refractivity contribution in [1.82, 2.24) is 9.21 Å². The van der Waals surface area contributed by atoms with Crippen LogP contribution >= 0.6 is 0 Å². The van der Waals surface area contributed by atoms with E-state index in [0.717, 1.165) is 13.0 Å². The van der Waals surface area contributed by atoms with Crippen molar-refractivity contribution in [2.75, 3.05) is 46.0 Å². The highest BCUT2D eigenvalue weighted by molar-refractivity contribution is 7.89. The summed E-state index contributed by atoms with van der Waals surface area (Å²) in [4.78, 5) is 1.97. The normalized spacial score (nSPS) is 12.7. The Bertz CT molecular complexity index is 252. The van der Waals surface area contributed by atoms with Gasteiger partial charge in [-0.2, -0.15) is 0 Å². The van der Waals surface area contributed by atoms with Crippen molar-refractivity contribution in [2.45, 2.75) is 13.3 Å². The van der Waals surface area contributed by atoms with Crippen LogP contribution in [0, 0.1) is 0 Å². The van der Waals surface area contributed by atoms with E-state index in [-0.39, 0.29) is 12.3 Å². The fourth-order valence-corrected chi connectivity index (χ4v) is 2.61. The van der Waals surface area contributed by atoms with Gasteiger partial charge in [-0.25, -0.2) is 12.7 Å². The Morgan fingerprint density at radius 3 is 2.13 bits per heavy atom. The number of hydrogen-bond donors (Lipinski definition) is 1. The first-order valence-corrected chi connectivity index (χ1v) is 6.87. The third kappa shape index (κ3) is 6.09. The number of nitrogens with two attached hydrogens (primary N) is 1. The Labute approximate surface area is 93.3 Å². The van der Waals surface area contributed by atoms with Gasteiger partial charge in [-0.15, -0.1) is 0 Å². The van der Waals surface area contributed by atoms with Crippen LogP contribution < -0.4 is 5.73 Å². The van der Waals surface area contributed by atoms with E-state index in [1.807, 2.05) is 25.9 Å². The van der Waals surface area contributed by atoms with Crippen LogP contribution in [0.1, 0.15) is 13.3 Å². The summed E-state index contributed by atoms with van der Waals surface area (Å²) in [6.45, 7) is 4.02. The van der Waals surface area contributed by atoms with Gasteiger partial charge in [0.25, 0.3) is 0 Å². The summed E-state index contributed by atoms with van der Waals surface area (Å²) < 4.78 is 25.0. The summed E-state index contributed by atoms with van der Waals surface area (Å²) in [5.41, 5.74) is 5.29. The molecular formula is C9H23N3O2S. The highest BCUT2D eigenvalue weighted by Gasteiger charge is 2.19. The summed E-state index contributed by atoms with van der Waals surface area (Å²) >= 11 is 0. The van der Waals surface area contributed by atoms with E-state index in [2.05, 4.69) is 0 Å². The molecule has 6 heteroatoms. The first-order chi connectivity index (χ1) is 6.94.